The van der Waals surface area contributed by atoms with E-state index in [-0.39, 0.29) is 5.75 Å². The molecule has 15 heavy (non-hydrogen) atoms. The molecule has 0 aliphatic carbocycles. The van der Waals surface area contributed by atoms with E-state index in [1.807, 2.05) is 0 Å². The van der Waals surface area contributed by atoms with Gasteiger partial charge >= 0.3 is 6.36 Å². The van der Waals surface area contributed by atoms with Crippen molar-refractivity contribution in [3.63, 3.8) is 0 Å². The quantitative estimate of drug-likeness (QED) is 0.766. The molecule has 0 spiro atoms. The lowest BCUT2D eigenvalue weighted by atomic mass is 10.3. The minimum atomic E-state index is -2.11. The molecule has 0 heterocycles. The van der Waals surface area contributed by atoms with Crippen molar-refractivity contribution in [1.82, 2.24) is 4.90 Å². The number of ether oxygens (including phenoxy) is 1. The van der Waals surface area contributed by atoms with Crippen LogP contribution in [-0.2, 0) is 4.79 Å². The number of benzene rings is 1. The molecule has 1 aromatic carbocycles. The van der Waals surface area contributed by atoms with Crippen molar-refractivity contribution in [1.29, 1.82) is 0 Å². The third kappa shape index (κ3) is 3.19. The molecule has 1 amide bonds. The summed E-state index contributed by atoms with van der Waals surface area (Å²) >= 11 is 0. The molecule has 1 rings (SSSR count). The second-order valence-corrected chi connectivity index (χ2v) is 3.12. The summed E-state index contributed by atoms with van der Waals surface area (Å²) in [7, 11) is 2.81. The number of rotatable bonds is 3. The molecule has 5 heteroatoms. The van der Waals surface area contributed by atoms with Gasteiger partial charge in [-0.1, -0.05) is 6.07 Å². The highest BCUT2D eigenvalue weighted by Gasteiger charge is 2.20. The zero-order valence-corrected chi connectivity index (χ0v) is 8.41. The average molecular weight is 215 g/mol. The summed E-state index contributed by atoms with van der Waals surface area (Å²) < 4.78 is 30.4. The van der Waals surface area contributed by atoms with Crippen molar-refractivity contribution in [2.24, 2.45) is 0 Å². The Kier molecular flexibility index (Phi) is 3.60. The molecule has 0 saturated carbocycles. The van der Waals surface area contributed by atoms with E-state index in [4.69, 9.17) is 0 Å². The Hall–Kier alpha value is -1.65. The van der Waals surface area contributed by atoms with Crippen molar-refractivity contribution in [2.75, 3.05) is 14.1 Å². The van der Waals surface area contributed by atoms with E-state index in [0.717, 1.165) is 11.0 Å². The molecule has 0 bridgehead atoms. The van der Waals surface area contributed by atoms with Gasteiger partial charge < -0.3 is 9.64 Å². The number of nitrogens with zero attached hydrogens (tertiary/aromatic N) is 1. The van der Waals surface area contributed by atoms with Crippen molar-refractivity contribution in [3.05, 3.63) is 30.1 Å². The molecule has 1 atom stereocenters. The first-order chi connectivity index (χ1) is 7.00. The first kappa shape index (κ1) is 11.4. The number of hydrogen-bond donors (Lipinski definition) is 0. The molecular formula is C10H11F2NO2. The summed E-state index contributed by atoms with van der Waals surface area (Å²) in [6, 6.07) is 4.96. The zero-order chi connectivity index (χ0) is 11.4. The van der Waals surface area contributed by atoms with Gasteiger partial charge in [0.05, 0.1) is 0 Å². The summed E-state index contributed by atoms with van der Waals surface area (Å²) in [6.45, 7) is 0. The molecule has 1 unspecified atom stereocenters. The number of halogens is 2. The summed E-state index contributed by atoms with van der Waals surface area (Å²) in [5.74, 6) is -1.38. The molecule has 0 aliphatic rings. The Bertz CT molecular complexity index is 355. The summed E-state index contributed by atoms with van der Waals surface area (Å²) in [6.07, 6.45) is -2.11. The van der Waals surface area contributed by atoms with Gasteiger partial charge in [0.25, 0.3) is 5.91 Å². The standard InChI is InChI=1S/C10H11F2NO2/c1-13(2)10(14)9(12)15-8-5-3-4-7(11)6-8/h3-6,9H,1-2H3. The van der Waals surface area contributed by atoms with Crippen molar-refractivity contribution >= 4 is 5.91 Å². The van der Waals surface area contributed by atoms with Gasteiger partial charge in [-0.2, -0.15) is 4.39 Å². The molecule has 0 fully saturated rings. The van der Waals surface area contributed by atoms with E-state index in [1.54, 1.807) is 0 Å². The normalized spacial score (nSPS) is 12.0. The molecule has 3 nitrogen and oxygen atoms in total. The number of amides is 1. The zero-order valence-electron chi connectivity index (χ0n) is 8.41. The Balaban J connectivity index is 2.66. The van der Waals surface area contributed by atoms with Gasteiger partial charge in [-0.25, -0.2) is 4.39 Å². The Labute approximate surface area is 86.3 Å². The summed E-state index contributed by atoms with van der Waals surface area (Å²) in [4.78, 5) is 12.1. The van der Waals surface area contributed by atoms with Crippen LogP contribution < -0.4 is 4.74 Å². The van der Waals surface area contributed by atoms with Crippen LogP contribution in [0, 0.1) is 5.82 Å². The maximum absolute atomic E-state index is 13.1. The third-order valence-corrected chi connectivity index (χ3v) is 1.67. The molecule has 0 N–H and O–H groups in total. The van der Waals surface area contributed by atoms with E-state index < -0.39 is 18.1 Å². The molecule has 0 saturated heterocycles. The lowest BCUT2D eigenvalue weighted by Crippen LogP contribution is -2.34. The fourth-order valence-electron chi connectivity index (χ4n) is 0.913. The lowest BCUT2D eigenvalue weighted by molar-refractivity contribution is -0.143. The van der Waals surface area contributed by atoms with Gasteiger partial charge in [0, 0.05) is 20.2 Å². The minimum absolute atomic E-state index is 0.0160. The maximum atomic E-state index is 13.1. The lowest BCUT2D eigenvalue weighted by Gasteiger charge is -2.15. The van der Waals surface area contributed by atoms with E-state index in [1.165, 1.54) is 32.3 Å². The second kappa shape index (κ2) is 4.72. The summed E-state index contributed by atoms with van der Waals surface area (Å²) in [5, 5.41) is 0. The predicted molar refractivity (Wildman–Crippen MR) is 50.6 cm³/mol. The van der Waals surface area contributed by atoms with Gasteiger partial charge in [0.15, 0.2) is 0 Å². The van der Waals surface area contributed by atoms with E-state index in [2.05, 4.69) is 4.74 Å². The summed E-state index contributed by atoms with van der Waals surface area (Å²) in [5.41, 5.74) is 0. The highest BCUT2D eigenvalue weighted by Crippen LogP contribution is 2.14. The molecule has 1 aromatic rings. The van der Waals surface area contributed by atoms with Crippen LogP contribution in [0.1, 0.15) is 0 Å². The SMILES string of the molecule is CN(C)C(=O)C(F)Oc1cccc(F)c1. The minimum Gasteiger partial charge on any atom is -0.452 e. The smallest absolute Gasteiger partial charge is 0.316 e. The van der Waals surface area contributed by atoms with Crippen LogP contribution in [0.15, 0.2) is 24.3 Å². The topological polar surface area (TPSA) is 29.5 Å². The number of hydrogen-bond acceptors (Lipinski definition) is 2. The first-order valence-corrected chi connectivity index (χ1v) is 4.28. The molecule has 82 valence electrons. The van der Waals surface area contributed by atoms with Crippen LogP contribution in [0.25, 0.3) is 0 Å². The number of carbonyl (C=O) groups excluding carboxylic acids is 1. The molecule has 0 radical (unpaired) electrons. The van der Waals surface area contributed by atoms with Crippen LogP contribution in [0.4, 0.5) is 8.78 Å². The van der Waals surface area contributed by atoms with Crippen LogP contribution in [0.5, 0.6) is 5.75 Å². The van der Waals surface area contributed by atoms with Crippen LogP contribution in [0.3, 0.4) is 0 Å². The van der Waals surface area contributed by atoms with Gasteiger partial charge in [0.2, 0.25) is 0 Å². The fraction of sp³-hybridized carbons (Fsp3) is 0.300. The van der Waals surface area contributed by atoms with E-state index in [9.17, 15) is 13.6 Å². The van der Waals surface area contributed by atoms with Crippen LogP contribution in [-0.4, -0.2) is 31.3 Å². The Morgan fingerprint density at radius 1 is 1.47 bits per heavy atom. The molecule has 0 aromatic heterocycles. The highest BCUT2D eigenvalue weighted by atomic mass is 19.1. The van der Waals surface area contributed by atoms with Crippen LogP contribution in [0.2, 0.25) is 0 Å². The Morgan fingerprint density at radius 3 is 2.67 bits per heavy atom. The molecule has 0 aliphatic heterocycles. The predicted octanol–water partition coefficient (Wildman–Crippen LogP) is 1.59. The third-order valence-electron chi connectivity index (χ3n) is 1.67. The van der Waals surface area contributed by atoms with E-state index in [0.29, 0.717) is 0 Å². The number of likely N-dealkylation sites (N-methyl/N-ethyl adjacent to an activating group) is 1. The van der Waals surface area contributed by atoms with Gasteiger partial charge in [-0.15, -0.1) is 0 Å². The fourth-order valence-corrected chi connectivity index (χ4v) is 0.913. The van der Waals surface area contributed by atoms with Crippen molar-refractivity contribution in [2.45, 2.75) is 6.36 Å². The average Bonchev–Trinajstić information content (AvgIpc) is 2.16. The van der Waals surface area contributed by atoms with Gasteiger partial charge in [-0.05, 0) is 12.1 Å². The van der Waals surface area contributed by atoms with Gasteiger partial charge in [0.1, 0.15) is 11.6 Å². The van der Waals surface area contributed by atoms with Crippen molar-refractivity contribution in [3.8, 4) is 5.75 Å². The highest BCUT2D eigenvalue weighted by molar-refractivity contribution is 5.79. The van der Waals surface area contributed by atoms with Gasteiger partial charge in [-0.3, -0.25) is 4.79 Å². The molecular weight excluding hydrogens is 204 g/mol. The Morgan fingerprint density at radius 2 is 2.13 bits per heavy atom. The number of carbonyl (C=O) groups is 1. The second-order valence-electron chi connectivity index (χ2n) is 3.12. The maximum Gasteiger partial charge on any atom is 0.316 e. The van der Waals surface area contributed by atoms with Crippen molar-refractivity contribution < 1.29 is 18.3 Å². The first-order valence-electron chi connectivity index (χ1n) is 4.28. The monoisotopic (exact) mass is 215 g/mol. The van der Waals surface area contributed by atoms with Crippen LogP contribution >= 0.6 is 0 Å². The largest absolute Gasteiger partial charge is 0.452 e. The van der Waals surface area contributed by atoms with E-state index >= 15 is 0 Å². The number of alkyl halides is 1.